The van der Waals surface area contributed by atoms with E-state index in [1.54, 1.807) is 19.3 Å². The Balaban J connectivity index is 2.66. The van der Waals surface area contributed by atoms with Crippen molar-refractivity contribution in [2.45, 2.75) is 39.8 Å². The molecule has 0 aliphatic rings. The molecule has 1 heterocycles. The molecular formula is C12H18N2O4. The van der Waals surface area contributed by atoms with Crippen molar-refractivity contribution >= 4 is 11.8 Å². The van der Waals surface area contributed by atoms with Crippen LogP contribution in [0.2, 0.25) is 0 Å². The molecule has 1 aromatic rings. The van der Waals surface area contributed by atoms with E-state index in [4.69, 9.17) is 0 Å². The van der Waals surface area contributed by atoms with Crippen molar-refractivity contribution in [3.63, 3.8) is 0 Å². The molecule has 0 N–H and O–H groups in total. The number of hydrogen-bond acceptors (Lipinski definition) is 4. The molecule has 0 atom stereocenters. The van der Waals surface area contributed by atoms with E-state index in [-0.39, 0.29) is 37.1 Å². The van der Waals surface area contributed by atoms with Gasteiger partial charge < -0.3 is 4.74 Å². The van der Waals surface area contributed by atoms with Crippen molar-refractivity contribution in [1.29, 1.82) is 0 Å². The highest BCUT2D eigenvalue weighted by Crippen LogP contribution is 2.00. The number of rotatable bonds is 6. The molecule has 6 nitrogen and oxygen atoms in total. The highest BCUT2D eigenvalue weighted by atomic mass is 16.5. The molecule has 0 spiro atoms. The highest BCUT2D eigenvalue weighted by Gasteiger charge is 2.13. The minimum atomic E-state index is -0.557. The Morgan fingerprint density at radius 1 is 1.33 bits per heavy atom. The Hall–Kier alpha value is -1.85. The fourth-order valence-electron chi connectivity index (χ4n) is 1.56. The number of aromatic nitrogens is 2. The van der Waals surface area contributed by atoms with Gasteiger partial charge in [-0.05, 0) is 20.8 Å². The quantitative estimate of drug-likeness (QED) is 0.555. The number of imidazole rings is 1. The standard InChI is InChI=1S/C12H18N2O4/c1-4-18-11(16)7-10(15)8-13-5-6-14(9(2)3)12(13)17/h5-6,9H,4,7-8H2,1-3H3. The van der Waals surface area contributed by atoms with Crippen molar-refractivity contribution in [3.8, 4) is 0 Å². The summed E-state index contributed by atoms with van der Waals surface area (Å²) in [6.07, 6.45) is 2.88. The monoisotopic (exact) mass is 254 g/mol. The number of ether oxygens (including phenoxy) is 1. The molecule has 0 fully saturated rings. The second-order valence-electron chi connectivity index (χ2n) is 4.23. The highest BCUT2D eigenvalue weighted by molar-refractivity contribution is 5.95. The first-order valence-electron chi connectivity index (χ1n) is 5.90. The summed E-state index contributed by atoms with van der Waals surface area (Å²) < 4.78 is 7.49. The summed E-state index contributed by atoms with van der Waals surface area (Å²) in [5, 5.41) is 0. The maximum atomic E-state index is 11.8. The van der Waals surface area contributed by atoms with Gasteiger partial charge in [0.2, 0.25) is 0 Å². The van der Waals surface area contributed by atoms with E-state index in [0.717, 1.165) is 0 Å². The van der Waals surface area contributed by atoms with E-state index in [0.29, 0.717) is 0 Å². The normalized spacial score (nSPS) is 10.7. The van der Waals surface area contributed by atoms with Crippen LogP contribution in [0.1, 0.15) is 33.2 Å². The molecule has 0 aromatic carbocycles. The summed E-state index contributed by atoms with van der Waals surface area (Å²) in [5.41, 5.74) is -0.248. The van der Waals surface area contributed by atoms with Crippen LogP contribution in [0, 0.1) is 0 Å². The third-order valence-corrected chi connectivity index (χ3v) is 2.42. The average Bonchev–Trinajstić information content (AvgIpc) is 2.60. The van der Waals surface area contributed by atoms with Gasteiger partial charge in [0.15, 0.2) is 5.78 Å². The topological polar surface area (TPSA) is 70.3 Å². The summed E-state index contributed by atoms with van der Waals surface area (Å²) >= 11 is 0. The van der Waals surface area contributed by atoms with Crippen LogP contribution >= 0.6 is 0 Å². The maximum absolute atomic E-state index is 11.8. The summed E-state index contributed by atoms with van der Waals surface area (Å²) in [6.45, 7) is 5.58. The lowest BCUT2D eigenvalue weighted by molar-refractivity contribution is -0.145. The lowest BCUT2D eigenvalue weighted by Gasteiger charge is -2.04. The molecule has 0 saturated carbocycles. The predicted octanol–water partition coefficient (Wildman–Crippen LogP) is 0.753. The molecule has 0 aliphatic carbocycles. The molecule has 0 radical (unpaired) electrons. The van der Waals surface area contributed by atoms with Crippen LogP contribution in [0.5, 0.6) is 0 Å². The molecule has 0 unspecified atom stereocenters. The Bertz CT molecular complexity index is 485. The van der Waals surface area contributed by atoms with E-state index in [1.165, 1.54) is 9.13 Å². The van der Waals surface area contributed by atoms with Crippen molar-refractivity contribution in [2.75, 3.05) is 6.61 Å². The third kappa shape index (κ3) is 3.58. The minimum Gasteiger partial charge on any atom is -0.466 e. The van der Waals surface area contributed by atoms with Crippen molar-refractivity contribution in [3.05, 3.63) is 22.9 Å². The number of carbonyl (C=O) groups is 2. The van der Waals surface area contributed by atoms with Crippen LogP contribution in [-0.4, -0.2) is 27.5 Å². The minimum absolute atomic E-state index is 0.0407. The molecule has 1 rings (SSSR count). The lowest BCUT2D eigenvalue weighted by atomic mass is 10.3. The van der Waals surface area contributed by atoms with Gasteiger partial charge in [-0.15, -0.1) is 0 Å². The number of carbonyl (C=O) groups excluding carboxylic acids is 2. The van der Waals surface area contributed by atoms with Crippen LogP contribution in [0.15, 0.2) is 17.2 Å². The average molecular weight is 254 g/mol. The van der Waals surface area contributed by atoms with Crippen LogP contribution in [-0.2, 0) is 20.9 Å². The van der Waals surface area contributed by atoms with Gasteiger partial charge in [0.25, 0.3) is 0 Å². The number of Topliss-reactive ketones (excluding diaryl/α,β-unsaturated/α-hetero) is 1. The summed E-state index contributed by atoms with van der Waals surface area (Å²) in [6, 6.07) is 0.0407. The Morgan fingerprint density at radius 2 is 2.00 bits per heavy atom. The SMILES string of the molecule is CCOC(=O)CC(=O)Cn1ccn(C(C)C)c1=O. The summed E-state index contributed by atoms with van der Waals surface area (Å²) in [5.74, 6) is -0.893. The van der Waals surface area contributed by atoms with Crippen LogP contribution in [0.25, 0.3) is 0 Å². The molecular weight excluding hydrogens is 236 g/mol. The van der Waals surface area contributed by atoms with Gasteiger partial charge in [0.1, 0.15) is 6.42 Å². The molecule has 0 saturated heterocycles. The third-order valence-electron chi connectivity index (χ3n) is 2.42. The number of nitrogens with zero attached hydrogens (tertiary/aromatic N) is 2. The maximum Gasteiger partial charge on any atom is 0.328 e. The second-order valence-corrected chi connectivity index (χ2v) is 4.23. The smallest absolute Gasteiger partial charge is 0.328 e. The molecule has 100 valence electrons. The predicted molar refractivity (Wildman–Crippen MR) is 65.3 cm³/mol. The van der Waals surface area contributed by atoms with Gasteiger partial charge in [0, 0.05) is 18.4 Å². The van der Waals surface area contributed by atoms with E-state index in [2.05, 4.69) is 4.74 Å². The Labute approximate surface area is 105 Å². The van der Waals surface area contributed by atoms with Crippen LogP contribution in [0.4, 0.5) is 0 Å². The lowest BCUT2D eigenvalue weighted by Crippen LogP contribution is -2.28. The summed E-state index contributed by atoms with van der Waals surface area (Å²) in [7, 11) is 0. The molecule has 0 amide bonds. The van der Waals surface area contributed by atoms with Crippen molar-refractivity contribution in [2.24, 2.45) is 0 Å². The van der Waals surface area contributed by atoms with E-state index in [9.17, 15) is 14.4 Å². The molecule has 0 aliphatic heterocycles. The van der Waals surface area contributed by atoms with Gasteiger partial charge in [-0.2, -0.15) is 0 Å². The van der Waals surface area contributed by atoms with Gasteiger partial charge in [-0.25, -0.2) is 4.79 Å². The van der Waals surface area contributed by atoms with Crippen LogP contribution in [0.3, 0.4) is 0 Å². The number of hydrogen-bond donors (Lipinski definition) is 0. The van der Waals surface area contributed by atoms with E-state index >= 15 is 0 Å². The fourth-order valence-corrected chi connectivity index (χ4v) is 1.56. The first-order chi connectivity index (χ1) is 8.45. The molecule has 0 bridgehead atoms. The fraction of sp³-hybridized carbons (Fsp3) is 0.583. The number of ketones is 1. The van der Waals surface area contributed by atoms with E-state index in [1.807, 2.05) is 13.8 Å². The van der Waals surface area contributed by atoms with Crippen LogP contribution < -0.4 is 5.69 Å². The van der Waals surface area contributed by atoms with E-state index < -0.39 is 5.97 Å². The summed E-state index contributed by atoms with van der Waals surface area (Å²) in [4.78, 5) is 34.5. The molecule has 18 heavy (non-hydrogen) atoms. The van der Waals surface area contributed by atoms with Crippen molar-refractivity contribution < 1.29 is 14.3 Å². The van der Waals surface area contributed by atoms with Gasteiger partial charge in [-0.3, -0.25) is 18.7 Å². The molecule has 6 heteroatoms. The number of esters is 1. The van der Waals surface area contributed by atoms with Gasteiger partial charge in [0.05, 0.1) is 13.2 Å². The largest absolute Gasteiger partial charge is 0.466 e. The van der Waals surface area contributed by atoms with Gasteiger partial charge >= 0.3 is 11.7 Å². The zero-order chi connectivity index (χ0) is 13.7. The zero-order valence-electron chi connectivity index (χ0n) is 10.9. The molecule has 1 aromatic heterocycles. The Kier molecular flexibility index (Phi) is 4.88. The van der Waals surface area contributed by atoms with Crippen molar-refractivity contribution in [1.82, 2.24) is 9.13 Å². The zero-order valence-corrected chi connectivity index (χ0v) is 10.9. The van der Waals surface area contributed by atoms with Gasteiger partial charge in [-0.1, -0.05) is 0 Å². The Morgan fingerprint density at radius 3 is 2.50 bits per heavy atom. The first-order valence-corrected chi connectivity index (χ1v) is 5.90. The first kappa shape index (κ1) is 14.2. The second kappa shape index (κ2) is 6.18.